The van der Waals surface area contributed by atoms with Crippen LogP contribution in [0, 0.1) is 6.92 Å². The van der Waals surface area contributed by atoms with Crippen molar-refractivity contribution in [3.63, 3.8) is 0 Å². The van der Waals surface area contributed by atoms with E-state index in [-0.39, 0.29) is 18.5 Å². The molecular weight excluding hydrogens is 400 g/mol. The first kappa shape index (κ1) is 21.5. The highest BCUT2D eigenvalue weighted by atomic mass is 32.1. The smallest absolute Gasteiger partial charge is 0.319 e. The maximum Gasteiger partial charge on any atom is 0.319 e. The van der Waals surface area contributed by atoms with Gasteiger partial charge in [0.25, 0.3) is 0 Å². The molecule has 0 saturated heterocycles. The maximum absolute atomic E-state index is 12.1. The number of aromatic nitrogens is 1. The number of nitrogens with zero attached hydrogens (tertiary/aromatic N) is 1. The van der Waals surface area contributed by atoms with Crippen molar-refractivity contribution in [3.8, 4) is 10.6 Å². The number of hydrogen-bond acceptors (Lipinski definition) is 5. The maximum atomic E-state index is 12.1. The molecule has 0 radical (unpaired) electrons. The quantitative estimate of drug-likeness (QED) is 0.508. The lowest BCUT2D eigenvalue weighted by Crippen LogP contribution is -2.30. The van der Waals surface area contributed by atoms with E-state index in [2.05, 4.69) is 52.1 Å². The molecule has 0 saturated carbocycles. The topological polar surface area (TPSA) is 92.4 Å². The molecule has 1 aromatic heterocycles. The van der Waals surface area contributed by atoms with Crippen LogP contribution < -0.4 is 16.0 Å². The zero-order chi connectivity index (χ0) is 21.3. The van der Waals surface area contributed by atoms with Crippen molar-refractivity contribution in [2.45, 2.75) is 13.3 Å². The van der Waals surface area contributed by atoms with Gasteiger partial charge in [0.2, 0.25) is 5.91 Å². The summed E-state index contributed by atoms with van der Waals surface area (Å²) in [4.78, 5) is 28.4. The predicted octanol–water partition coefficient (Wildman–Crippen LogP) is 4.07. The van der Waals surface area contributed by atoms with Crippen LogP contribution in [-0.4, -0.2) is 37.2 Å². The Morgan fingerprint density at radius 2 is 1.80 bits per heavy atom. The van der Waals surface area contributed by atoms with Crippen LogP contribution in [0.25, 0.3) is 10.6 Å². The third kappa shape index (κ3) is 6.40. The number of ether oxygens (including phenoxy) is 1. The first-order valence-electron chi connectivity index (χ1n) is 9.48. The van der Waals surface area contributed by atoms with Gasteiger partial charge in [-0.3, -0.25) is 4.79 Å². The second-order valence-electron chi connectivity index (χ2n) is 6.70. The second kappa shape index (κ2) is 10.5. The zero-order valence-corrected chi connectivity index (χ0v) is 17.7. The summed E-state index contributed by atoms with van der Waals surface area (Å²) in [6.45, 7) is 2.50. The van der Waals surface area contributed by atoms with Crippen LogP contribution >= 0.6 is 11.3 Å². The molecule has 0 atom stereocenters. The lowest BCUT2D eigenvalue weighted by molar-refractivity contribution is -0.119. The van der Waals surface area contributed by atoms with Gasteiger partial charge in [-0.25, -0.2) is 9.78 Å². The van der Waals surface area contributed by atoms with Gasteiger partial charge in [0.15, 0.2) is 0 Å². The van der Waals surface area contributed by atoms with Crippen LogP contribution in [0.4, 0.5) is 16.2 Å². The van der Waals surface area contributed by atoms with Gasteiger partial charge < -0.3 is 20.7 Å². The molecule has 3 amide bonds. The number of carbonyl (C=O) groups is 2. The van der Waals surface area contributed by atoms with Crippen LogP contribution in [0.3, 0.4) is 0 Å². The van der Waals surface area contributed by atoms with E-state index in [1.165, 1.54) is 12.7 Å². The van der Waals surface area contributed by atoms with Crippen molar-refractivity contribution in [1.82, 2.24) is 10.3 Å². The van der Waals surface area contributed by atoms with E-state index in [0.29, 0.717) is 24.3 Å². The highest BCUT2D eigenvalue weighted by Gasteiger charge is 2.07. The number of hydrogen-bond donors (Lipinski definition) is 3. The minimum atomic E-state index is -0.315. The molecule has 0 aliphatic heterocycles. The summed E-state index contributed by atoms with van der Waals surface area (Å²) < 4.78 is 4.79. The Morgan fingerprint density at radius 3 is 2.53 bits per heavy atom. The van der Waals surface area contributed by atoms with Crippen molar-refractivity contribution in [2.75, 3.05) is 30.9 Å². The Bertz CT molecular complexity index is 1000. The summed E-state index contributed by atoms with van der Waals surface area (Å²) in [5, 5.41) is 11.3. The predicted molar refractivity (Wildman–Crippen MR) is 120 cm³/mol. The molecule has 0 aliphatic carbocycles. The third-order valence-electron chi connectivity index (χ3n) is 4.20. The second-order valence-corrected chi connectivity index (χ2v) is 7.56. The fourth-order valence-corrected chi connectivity index (χ4v) is 3.59. The fraction of sp³-hybridized carbons (Fsp3) is 0.227. The van der Waals surface area contributed by atoms with Gasteiger partial charge in [0, 0.05) is 42.4 Å². The third-order valence-corrected chi connectivity index (χ3v) is 5.14. The van der Waals surface area contributed by atoms with Crippen molar-refractivity contribution in [3.05, 3.63) is 65.2 Å². The average molecular weight is 425 g/mol. The first-order chi connectivity index (χ1) is 14.5. The van der Waals surface area contributed by atoms with E-state index in [1.807, 2.05) is 5.38 Å². The summed E-state index contributed by atoms with van der Waals surface area (Å²) in [7, 11) is 1.46. The Labute approximate surface area is 179 Å². The molecule has 2 aromatic carbocycles. The summed E-state index contributed by atoms with van der Waals surface area (Å²) >= 11 is 1.60. The van der Waals surface area contributed by atoms with E-state index in [9.17, 15) is 9.59 Å². The van der Waals surface area contributed by atoms with E-state index in [1.54, 1.807) is 35.6 Å². The minimum Gasteiger partial charge on any atom is -0.375 e. The van der Waals surface area contributed by atoms with Crippen LogP contribution in [0.15, 0.2) is 53.9 Å². The van der Waals surface area contributed by atoms with Crippen molar-refractivity contribution < 1.29 is 14.3 Å². The zero-order valence-electron chi connectivity index (χ0n) is 16.9. The van der Waals surface area contributed by atoms with Crippen LogP contribution in [-0.2, 0) is 16.0 Å². The fourth-order valence-electron chi connectivity index (χ4n) is 2.73. The molecule has 3 rings (SSSR count). The van der Waals surface area contributed by atoms with Gasteiger partial charge in [-0.05, 0) is 25.1 Å². The Kier molecular flexibility index (Phi) is 7.53. The molecule has 156 valence electrons. The van der Waals surface area contributed by atoms with Gasteiger partial charge in [-0.15, -0.1) is 11.3 Å². The molecule has 0 unspecified atom stereocenters. The summed E-state index contributed by atoms with van der Waals surface area (Å²) in [5.41, 5.74) is 4.42. The van der Waals surface area contributed by atoms with Crippen molar-refractivity contribution in [1.29, 1.82) is 0 Å². The SMILES string of the molecule is COCC(=O)Nc1cccc(NC(=O)NCCc2csc(-c3ccc(C)cc3)n2)c1. The largest absolute Gasteiger partial charge is 0.375 e. The molecule has 0 fully saturated rings. The molecule has 3 N–H and O–H groups in total. The molecule has 1 heterocycles. The number of carbonyl (C=O) groups excluding carboxylic acids is 2. The highest BCUT2D eigenvalue weighted by Crippen LogP contribution is 2.24. The molecule has 0 bridgehead atoms. The number of rotatable bonds is 8. The molecule has 0 aliphatic rings. The van der Waals surface area contributed by atoms with Gasteiger partial charge in [-0.1, -0.05) is 35.9 Å². The number of nitrogens with one attached hydrogen (secondary N) is 3. The molecule has 8 heteroatoms. The van der Waals surface area contributed by atoms with Gasteiger partial charge in [0.05, 0.1) is 5.69 Å². The molecule has 3 aromatic rings. The number of thiazole rings is 1. The average Bonchev–Trinajstić information content (AvgIpc) is 3.18. The minimum absolute atomic E-state index is 0.0274. The van der Waals surface area contributed by atoms with E-state index >= 15 is 0 Å². The van der Waals surface area contributed by atoms with Crippen LogP contribution in [0.2, 0.25) is 0 Å². The first-order valence-corrected chi connectivity index (χ1v) is 10.4. The Balaban J connectivity index is 1.46. The van der Waals surface area contributed by atoms with E-state index < -0.39 is 0 Å². The number of anilines is 2. The Morgan fingerprint density at radius 1 is 1.07 bits per heavy atom. The highest BCUT2D eigenvalue weighted by molar-refractivity contribution is 7.13. The number of methoxy groups -OCH3 is 1. The molecule has 7 nitrogen and oxygen atoms in total. The number of benzene rings is 2. The van der Waals surface area contributed by atoms with E-state index in [0.717, 1.165) is 16.3 Å². The number of urea groups is 1. The lowest BCUT2D eigenvalue weighted by atomic mass is 10.2. The summed E-state index contributed by atoms with van der Waals surface area (Å²) in [6, 6.07) is 14.9. The Hall–Kier alpha value is -3.23. The number of aryl methyl sites for hydroxylation is 1. The lowest BCUT2D eigenvalue weighted by Gasteiger charge is -2.09. The molecular formula is C22H24N4O3S. The van der Waals surface area contributed by atoms with Crippen LogP contribution in [0.1, 0.15) is 11.3 Å². The summed E-state index contributed by atoms with van der Waals surface area (Å²) in [6.07, 6.45) is 0.642. The summed E-state index contributed by atoms with van der Waals surface area (Å²) in [5.74, 6) is -0.257. The monoisotopic (exact) mass is 424 g/mol. The van der Waals surface area contributed by atoms with Crippen LogP contribution in [0.5, 0.6) is 0 Å². The van der Waals surface area contributed by atoms with Gasteiger partial charge >= 0.3 is 6.03 Å². The standard InChI is InChI=1S/C22H24N4O3S/c1-15-6-8-16(9-7-15)21-25-19(14-30-21)10-11-23-22(28)26-18-5-3-4-17(12-18)24-20(27)13-29-2/h3-9,12,14H,10-11,13H2,1-2H3,(H,24,27)(H2,23,26,28). The van der Waals surface area contributed by atoms with Crippen molar-refractivity contribution in [2.24, 2.45) is 0 Å². The van der Waals surface area contributed by atoms with Crippen molar-refractivity contribution >= 4 is 34.6 Å². The van der Waals surface area contributed by atoms with E-state index in [4.69, 9.17) is 4.74 Å². The van der Waals surface area contributed by atoms with Gasteiger partial charge in [0.1, 0.15) is 11.6 Å². The normalized spacial score (nSPS) is 10.5. The molecule has 30 heavy (non-hydrogen) atoms. The molecule has 0 spiro atoms. The van der Waals surface area contributed by atoms with Gasteiger partial charge in [-0.2, -0.15) is 0 Å². The number of amides is 3.